The predicted molar refractivity (Wildman–Crippen MR) is 94.7 cm³/mol. The van der Waals surface area contributed by atoms with E-state index in [1.54, 1.807) is 11.0 Å². The largest absolute Gasteiger partial charge is 0.411 e. The predicted octanol–water partition coefficient (Wildman–Crippen LogP) is 2.63. The average molecular weight is 384 g/mol. The van der Waals surface area contributed by atoms with E-state index in [4.69, 9.17) is 0 Å². The van der Waals surface area contributed by atoms with Crippen molar-refractivity contribution in [2.24, 2.45) is 5.92 Å². The van der Waals surface area contributed by atoms with E-state index in [2.05, 4.69) is 10.1 Å². The molecular formula is C19H23F3N2O3. The molecule has 148 valence electrons. The van der Waals surface area contributed by atoms with Crippen LogP contribution < -0.4 is 5.32 Å². The highest BCUT2D eigenvalue weighted by atomic mass is 19.4. The van der Waals surface area contributed by atoms with Gasteiger partial charge in [0.25, 0.3) is 0 Å². The third-order valence-electron chi connectivity index (χ3n) is 4.21. The molecule has 1 aromatic carbocycles. The zero-order valence-corrected chi connectivity index (χ0v) is 14.9. The molecule has 0 bridgehead atoms. The van der Waals surface area contributed by atoms with Crippen molar-refractivity contribution in [3.8, 4) is 0 Å². The number of halogens is 3. The van der Waals surface area contributed by atoms with Gasteiger partial charge in [0.2, 0.25) is 11.8 Å². The van der Waals surface area contributed by atoms with Gasteiger partial charge in [0.1, 0.15) is 6.61 Å². The van der Waals surface area contributed by atoms with E-state index >= 15 is 0 Å². The summed E-state index contributed by atoms with van der Waals surface area (Å²) in [5.41, 5.74) is 0.938. The first-order valence-corrected chi connectivity index (χ1v) is 8.79. The number of piperidine rings is 1. The SMILES string of the molecule is O=C(NCCOCC(F)(F)F)C1CCN(C(=O)/C=C/c2ccccc2)CC1. The van der Waals surface area contributed by atoms with Crippen molar-refractivity contribution in [1.29, 1.82) is 0 Å². The number of hydrogen-bond donors (Lipinski definition) is 1. The molecule has 8 heteroatoms. The van der Waals surface area contributed by atoms with Crippen molar-refractivity contribution in [1.82, 2.24) is 10.2 Å². The molecule has 0 radical (unpaired) electrons. The molecule has 27 heavy (non-hydrogen) atoms. The van der Waals surface area contributed by atoms with Crippen molar-refractivity contribution in [2.75, 3.05) is 32.8 Å². The van der Waals surface area contributed by atoms with Crippen LogP contribution in [0.15, 0.2) is 36.4 Å². The maximum Gasteiger partial charge on any atom is 0.411 e. The van der Waals surface area contributed by atoms with E-state index in [-0.39, 0.29) is 30.9 Å². The summed E-state index contributed by atoms with van der Waals surface area (Å²) in [6, 6.07) is 9.49. The fourth-order valence-corrected chi connectivity index (χ4v) is 2.78. The fourth-order valence-electron chi connectivity index (χ4n) is 2.78. The molecule has 1 aliphatic rings. The number of rotatable bonds is 7. The molecule has 0 aromatic heterocycles. The maximum absolute atomic E-state index is 12.2. The summed E-state index contributed by atoms with van der Waals surface area (Å²) in [5, 5.41) is 2.58. The van der Waals surface area contributed by atoms with E-state index in [0.717, 1.165) is 5.56 Å². The minimum atomic E-state index is -4.36. The molecule has 1 N–H and O–H groups in total. The number of nitrogens with one attached hydrogen (secondary N) is 1. The van der Waals surface area contributed by atoms with Gasteiger partial charge in [-0.15, -0.1) is 0 Å². The van der Waals surface area contributed by atoms with Gasteiger partial charge in [0.05, 0.1) is 6.61 Å². The highest BCUT2D eigenvalue weighted by Gasteiger charge is 2.28. The fraction of sp³-hybridized carbons (Fsp3) is 0.474. The van der Waals surface area contributed by atoms with Crippen LogP contribution >= 0.6 is 0 Å². The number of nitrogens with zero attached hydrogens (tertiary/aromatic N) is 1. The first-order valence-electron chi connectivity index (χ1n) is 8.79. The number of ether oxygens (including phenoxy) is 1. The van der Waals surface area contributed by atoms with Crippen LogP contribution in [0.4, 0.5) is 13.2 Å². The normalized spacial score (nSPS) is 15.9. The zero-order valence-electron chi connectivity index (χ0n) is 14.9. The number of carbonyl (C=O) groups excluding carboxylic acids is 2. The lowest BCUT2D eigenvalue weighted by atomic mass is 9.96. The Balaban J connectivity index is 1.66. The molecule has 2 rings (SSSR count). The monoisotopic (exact) mass is 384 g/mol. The Morgan fingerprint density at radius 3 is 2.48 bits per heavy atom. The van der Waals surface area contributed by atoms with E-state index < -0.39 is 12.8 Å². The Labute approximate surface area is 156 Å². The van der Waals surface area contributed by atoms with Crippen molar-refractivity contribution in [2.45, 2.75) is 19.0 Å². The van der Waals surface area contributed by atoms with Gasteiger partial charge in [-0.1, -0.05) is 30.3 Å². The van der Waals surface area contributed by atoms with Crippen molar-refractivity contribution in [3.63, 3.8) is 0 Å². The quantitative estimate of drug-likeness (QED) is 0.581. The summed E-state index contributed by atoms with van der Waals surface area (Å²) in [5.74, 6) is -0.550. The molecule has 2 amide bonds. The van der Waals surface area contributed by atoms with E-state index in [1.807, 2.05) is 30.3 Å². The van der Waals surface area contributed by atoms with Crippen LogP contribution in [0, 0.1) is 5.92 Å². The number of carbonyl (C=O) groups is 2. The molecule has 1 aromatic rings. The highest BCUT2D eigenvalue weighted by molar-refractivity contribution is 5.92. The number of alkyl halides is 3. The molecule has 1 heterocycles. The van der Waals surface area contributed by atoms with E-state index in [9.17, 15) is 22.8 Å². The molecule has 1 saturated heterocycles. The van der Waals surface area contributed by atoms with Crippen molar-refractivity contribution >= 4 is 17.9 Å². The van der Waals surface area contributed by atoms with E-state index in [1.165, 1.54) is 6.08 Å². The zero-order chi connectivity index (χ0) is 19.7. The summed E-state index contributed by atoms with van der Waals surface area (Å²) in [7, 11) is 0. The smallest absolute Gasteiger partial charge is 0.370 e. The first kappa shape index (κ1) is 21.0. The molecular weight excluding hydrogens is 361 g/mol. The molecule has 5 nitrogen and oxygen atoms in total. The third-order valence-corrected chi connectivity index (χ3v) is 4.21. The molecule has 1 aliphatic heterocycles. The van der Waals surface area contributed by atoms with Crippen LogP contribution in [0.3, 0.4) is 0 Å². The van der Waals surface area contributed by atoms with Crippen molar-refractivity contribution < 1.29 is 27.5 Å². The molecule has 0 saturated carbocycles. The second-order valence-corrected chi connectivity index (χ2v) is 6.30. The van der Waals surface area contributed by atoms with Gasteiger partial charge in [-0.3, -0.25) is 9.59 Å². The number of likely N-dealkylation sites (tertiary alicyclic amines) is 1. The van der Waals surface area contributed by atoms with Gasteiger partial charge in [-0.2, -0.15) is 13.2 Å². The van der Waals surface area contributed by atoms with Crippen LogP contribution in [-0.4, -0.2) is 55.7 Å². The van der Waals surface area contributed by atoms with Crippen molar-refractivity contribution in [3.05, 3.63) is 42.0 Å². The van der Waals surface area contributed by atoms with Gasteiger partial charge >= 0.3 is 6.18 Å². The van der Waals surface area contributed by atoms with Gasteiger partial charge in [0, 0.05) is 31.6 Å². The maximum atomic E-state index is 12.2. The summed E-state index contributed by atoms with van der Waals surface area (Å²) in [6.07, 6.45) is -0.0333. The van der Waals surface area contributed by atoms with Gasteiger partial charge < -0.3 is 15.0 Å². The minimum Gasteiger partial charge on any atom is -0.370 e. The molecule has 0 spiro atoms. The molecule has 1 fully saturated rings. The number of benzene rings is 1. The summed E-state index contributed by atoms with van der Waals surface area (Å²) >= 11 is 0. The first-order chi connectivity index (χ1) is 12.8. The molecule has 0 atom stereocenters. The second-order valence-electron chi connectivity index (χ2n) is 6.30. The summed E-state index contributed by atoms with van der Waals surface area (Å²) in [4.78, 5) is 25.9. The highest BCUT2D eigenvalue weighted by Crippen LogP contribution is 2.18. The van der Waals surface area contributed by atoms with Crippen LogP contribution in [0.2, 0.25) is 0 Å². The van der Waals surface area contributed by atoms with Gasteiger partial charge in [-0.25, -0.2) is 0 Å². The van der Waals surface area contributed by atoms with E-state index in [0.29, 0.717) is 25.9 Å². The van der Waals surface area contributed by atoms with Crippen LogP contribution in [0.25, 0.3) is 6.08 Å². The molecule has 0 unspecified atom stereocenters. The lowest BCUT2D eigenvalue weighted by molar-refractivity contribution is -0.173. The number of amides is 2. The van der Waals surface area contributed by atoms with Crippen LogP contribution in [-0.2, 0) is 14.3 Å². The molecule has 0 aliphatic carbocycles. The lowest BCUT2D eigenvalue weighted by Gasteiger charge is -2.30. The summed E-state index contributed by atoms with van der Waals surface area (Å²) < 4.78 is 40.3. The standard InChI is InChI=1S/C19H23F3N2O3/c20-19(21,22)14-27-13-10-23-18(26)16-8-11-24(12-9-16)17(25)7-6-15-4-2-1-3-5-15/h1-7,16H,8-14H2,(H,23,26)/b7-6+. The number of hydrogen-bond acceptors (Lipinski definition) is 3. The topological polar surface area (TPSA) is 58.6 Å². The summed E-state index contributed by atoms with van der Waals surface area (Å²) in [6.45, 7) is -0.526. The third kappa shape index (κ3) is 7.82. The van der Waals surface area contributed by atoms with Crippen LogP contribution in [0.5, 0.6) is 0 Å². The Kier molecular flexibility index (Phi) is 7.84. The second kappa shape index (κ2) is 10.1. The minimum absolute atomic E-state index is 0.0356. The Bertz CT molecular complexity index is 639. The average Bonchev–Trinajstić information content (AvgIpc) is 2.65. The Hall–Kier alpha value is -2.35. The Morgan fingerprint density at radius 1 is 1.19 bits per heavy atom. The van der Waals surface area contributed by atoms with Crippen LogP contribution in [0.1, 0.15) is 18.4 Å². The lowest BCUT2D eigenvalue weighted by Crippen LogP contribution is -2.43. The van der Waals surface area contributed by atoms with Gasteiger partial charge in [-0.05, 0) is 24.5 Å². The van der Waals surface area contributed by atoms with Gasteiger partial charge in [0.15, 0.2) is 0 Å². The Morgan fingerprint density at radius 2 is 1.85 bits per heavy atom.